The molecule has 0 aromatic rings. The van der Waals surface area contributed by atoms with Crippen LogP contribution in [0.25, 0.3) is 0 Å². The summed E-state index contributed by atoms with van der Waals surface area (Å²) in [7, 11) is -3.36. The Bertz CT molecular complexity index is 436. The Balaban J connectivity index is 1.97. The predicted molar refractivity (Wildman–Crippen MR) is 67.4 cm³/mol. The van der Waals surface area contributed by atoms with Crippen molar-refractivity contribution in [1.82, 2.24) is 9.03 Å². The van der Waals surface area contributed by atoms with Crippen molar-refractivity contribution in [2.75, 3.05) is 13.1 Å². The van der Waals surface area contributed by atoms with Gasteiger partial charge in [-0.15, -0.1) is 0 Å². The number of rotatable bonds is 4. The van der Waals surface area contributed by atoms with E-state index in [4.69, 9.17) is 10.9 Å². The SMILES string of the molecule is CC1(C(N)=NO)CCN(S(=O)(=O)NC2CC2)CC1. The molecule has 18 heavy (non-hydrogen) atoms. The van der Waals surface area contributed by atoms with Gasteiger partial charge in [0.2, 0.25) is 0 Å². The Morgan fingerprint density at radius 3 is 2.44 bits per heavy atom. The van der Waals surface area contributed by atoms with Gasteiger partial charge in [0.25, 0.3) is 10.2 Å². The summed E-state index contributed by atoms with van der Waals surface area (Å²) in [5.41, 5.74) is 5.23. The lowest BCUT2D eigenvalue weighted by atomic mass is 9.80. The van der Waals surface area contributed by atoms with E-state index in [9.17, 15) is 8.42 Å². The monoisotopic (exact) mass is 276 g/mol. The minimum Gasteiger partial charge on any atom is -0.409 e. The van der Waals surface area contributed by atoms with Gasteiger partial charge in [0.1, 0.15) is 5.84 Å². The molecule has 0 radical (unpaired) electrons. The van der Waals surface area contributed by atoms with Crippen LogP contribution in [0.3, 0.4) is 0 Å². The van der Waals surface area contributed by atoms with Crippen LogP contribution in [0, 0.1) is 5.41 Å². The van der Waals surface area contributed by atoms with E-state index in [0.29, 0.717) is 25.9 Å². The third-order valence-electron chi connectivity index (χ3n) is 3.78. The van der Waals surface area contributed by atoms with Gasteiger partial charge in [-0.2, -0.15) is 17.4 Å². The highest BCUT2D eigenvalue weighted by molar-refractivity contribution is 7.87. The van der Waals surface area contributed by atoms with E-state index < -0.39 is 15.6 Å². The molecule has 0 spiro atoms. The van der Waals surface area contributed by atoms with E-state index in [1.54, 1.807) is 0 Å². The van der Waals surface area contributed by atoms with Crippen LogP contribution in [0.5, 0.6) is 0 Å². The van der Waals surface area contributed by atoms with Gasteiger partial charge in [-0.3, -0.25) is 0 Å². The van der Waals surface area contributed by atoms with Crippen molar-refractivity contribution < 1.29 is 13.6 Å². The lowest BCUT2D eigenvalue weighted by molar-refractivity contribution is 0.228. The number of hydrogen-bond donors (Lipinski definition) is 3. The Labute approximate surface area is 107 Å². The molecule has 1 saturated heterocycles. The molecule has 0 bridgehead atoms. The normalized spacial score (nSPS) is 26.2. The van der Waals surface area contributed by atoms with Crippen LogP contribution in [0.15, 0.2) is 5.16 Å². The van der Waals surface area contributed by atoms with E-state index in [-0.39, 0.29) is 11.9 Å². The molecule has 2 rings (SSSR count). The molecular formula is C10H20N4O3S. The Kier molecular flexibility index (Phi) is 3.52. The van der Waals surface area contributed by atoms with Crippen molar-refractivity contribution in [1.29, 1.82) is 0 Å². The molecule has 0 amide bonds. The fourth-order valence-electron chi connectivity index (χ4n) is 2.08. The molecule has 7 nitrogen and oxygen atoms in total. The molecule has 4 N–H and O–H groups in total. The molecule has 8 heteroatoms. The van der Waals surface area contributed by atoms with E-state index in [1.165, 1.54) is 4.31 Å². The fraction of sp³-hybridized carbons (Fsp3) is 0.900. The molecule has 0 aromatic carbocycles. The zero-order valence-corrected chi connectivity index (χ0v) is 11.3. The Morgan fingerprint density at radius 2 is 2.00 bits per heavy atom. The van der Waals surface area contributed by atoms with Crippen molar-refractivity contribution in [3.63, 3.8) is 0 Å². The smallest absolute Gasteiger partial charge is 0.279 e. The Hall–Kier alpha value is -0.860. The quantitative estimate of drug-likeness (QED) is 0.287. The van der Waals surface area contributed by atoms with Gasteiger partial charge in [-0.25, -0.2) is 0 Å². The zero-order chi connectivity index (χ0) is 13.4. The molecule has 104 valence electrons. The number of amidine groups is 1. The lowest BCUT2D eigenvalue weighted by Crippen LogP contribution is -2.50. The van der Waals surface area contributed by atoms with Crippen LogP contribution in [-0.4, -0.2) is 42.9 Å². The van der Waals surface area contributed by atoms with Crippen molar-refractivity contribution in [2.24, 2.45) is 16.3 Å². The molecule has 0 unspecified atom stereocenters. The van der Waals surface area contributed by atoms with E-state index in [1.807, 2.05) is 6.92 Å². The van der Waals surface area contributed by atoms with Gasteiger partial charge in [-0.1, -0.05) is 12.1 Å². The largest absolute Gasteiger partial charge is 0.409 e. The number of nitrogens with one attached hydrogen (secondary N) is 1. The van der Waals surface area contributed by atoms with Gasteiger partial charge < -0.3 is 10.9 Å². The topological polar surface area (TPSA) is 108 Å². The third-order valence-corrected chi connectivity index (χ3v) is 5.46. The van der Waals surface area contributed by atoms with E-state index in [0.717, 1.165) is 12.8 Å². The second-order valence-electron chi connectivity index (χ2n) is 5.34. The summed E-state index contributed by atoms with van der Waals surface area (Å²) in [6.45, 7) is 2.68. The van der Waals surface area contributed by atoms with Crippen LogP contribution < -0.4 is 10.5 Å². The highest BCUT2D eigenvalue weighted by Crippen LogP contribution is 2.32. The number of hydrogen-bond acceptors (Lipinski definition) is 4. The number of nitrogens with zero attached hydrogens (tertiary/aromatic N) is 2. The van der Waals surface area contributed by atoms with Gasteiger partial charge in [0, 0.05) is 24.5 Å². The first-order chi connectivity index (χ1) is 8.37. The molecule has 1 aliphatic heterocycles. The average Bonchev–Trinajstić information content (AvgIpc) is 3.11. The van der Waals surface area contributed by atoms with Gasteiger partial charge in [-0.05, 0) is 25.7 Å². The van der Waals surface area contributed by atoms with Crippen molar-refractivity contribution in [3.05, 3.63) is 0 Å². The molecule has 2 fully saturated rings. The highest BCUT2D eigenvalue weighted by atomic mass is 32.2. The maximum absolute atomic E-state index is 12.0. The Morgan fingerprint density at radius 1 is 1.44 bits per heavy atom. The molecule has 1 saturated carbocycles. The van der Waals surface area contributed by atoms with Crippen molar-refractivity contribution in [2.45, 2.75) is 38.6 Å². The molecule has 1 heterocycles. The number of oxime groups is 1. The summed E-state index contributed by atoms with van der Waals surface area (Å²) < 4.78 is 28.1. The summed E-state index contributed by atoms with van der Waals surface area (Å²) in [6, 6.07) is 0.118. The number of nitrogens with two attached hydrogens (primary N) is 1. The number of piperidine rings is 1. The molecular weight excluding hydrogens is 256 g/mol. The standard InChI is InChI=1S/C10H20N4O3S/c1-10(9(11)12-15)4-6-14(7-5-10)18(16,17)13-8-2-3-8/h8,13,15H,2-7H2,1H3,(H2,11,12). The van der Waals surface area contributed by atoms with Gasteiger partial charge >= 0.3 is 0 Å². The molecule has 1 aliphatic carbocycles. The van der Waals surface area contributed by atoms with Crippen LogP contribution in [-0.2, 0) is 10.2 Å². The third kappa shape index (κ3) is 2.76. The predicted octanol–water partition coefficient (Wildman–Crippen LogP) is -0.168. The van der Waals surface area contributed by atoms with Crippen LogP contribution in [0.2, 0.25) is 0 Å². The summed E-state index contributed by atoms with van der Waals surface area (Å²) in [4.78, 5) is 0. The van der Waals surface area contributed by atoms with Crippen LogP contribution in [0.1, 0.15) is 32.6 Å². The minimum absolute atomic E-state index is 0.118. The first-order valence-corrected chi connectivity index (χ1v) is 7.57. The second kappa shape index (κ2) is 4.67. The summed E-state index contributed by atoms with van der Waals surface area (Å²) in [5, 5.41) is 11.8. The van der Waals surface area contributed by atoms with Crippen LogP contribution >= 0.6 is 0 Å². The summed E-state index contributed by atoms with van der Waals surface area (Å²) in [6.07, 6.45) is 2.98. The molecule has 2 aliphatic rings. The maximum atomic E-state index is 12.0. The zero-order valence-electron chi connectivity index (χ0n) is 10.5. The maximum Gasteiger partial charge on any atom is 0.279 e. The van der Waals surface area contributed by atoms with Crippen molar-refractivity contribution in [3.8, 4) is 0 Å². The van der Waals surface area contributed by atoms with E-state index >= 15 is 0 Å². The summed E-state index contributed by atoms with van der Waals surface area (Å²) >= 11 is 0. The first kappa shape index (κ1) is 13.6. The van der Waals surface area contributed by atoms with E-state index in [2.05, 4.69) is 9.88 Å². The minimum atomic E-state index is -3.36. The molecule has 0 atom stereocenters. The molecule has 0 aromatic heterocycles. The highest BCUT2D eigenvalue weighted by Gasteiger charge is 2.39. The van der Waals surface area contributed by atoms with Crippen molar-refractivity contribution >= 4 is 16.0 Å². The summed E-state index contributed by atoms with van der Waals surface area (Å²) in [5.74, 6) is 0.176. The fourth-order valence-corrected chi connectivity index (χ4v) is 3.55. The first-order valence-electron chi connectivity index (χ1n) is 6.13. The van der Waals surface area contributed by atoms with Gasteiger partial charge in [0.05, 0.1) is 0 Å². The van der Waals surface area contributed by atoms with Gasteiger partial charge in [0.15, 0.2) is 0 Å². The second-order valence-corrected chi connectivity index (χ2v) is 7.04. The average molecular weight is 276 g/mol. The van der Waals surface area contributed by atoms with Crippen LogP contribution in [0.4, 0.5) is 0 Å². The lowest BCUT2D eigenvalue weighted by Gasteiger charge is -2.37.